The number of hydrogen-bond donors (Lipinski definition) is 2. The molecule has 1 heterocycles. The molecule has 1 aliphatic heterocycles. The molecule has 1 unspecified atom stereocenters. The third kappa shape index (κ3) is 3.22. The monoisotopic (exact) mass is 232 g/mol. The molecule has 0 aromatic heterocycles. The molecule has 0 aliphatic carbocycles. The Balaban J connectivity index is 2.02. The minimum atomic E-state index is 0.672. The molecule has 1 aromatic rings. The summed E-state index contributed by atoms with van der Waals surface area (Å²) in [5, 5.41) is 7.09. The summed E-state index contributed by atoms with van der Waals surface area (Å²) in [5.74, 6) is 1.40. The molecule has 0 fully saturated rings. The largest absolute Gasteiger partial charge is 0.385 e. The average Bonchev–Trinajstić information content (AvgIpc) is 2.28. The maximum Gasteiger partial charge on any atom is 0.0378 e. The van der Waals surface area contributed by atoms with Crippen LogP contribution in [0.25, 0.3) is 0 Å². The van der Waals surface area contributed by atoms with Gasteiger partial charge in [0.15, 0.2) is 0 Å². The van der Waals surface area contributed by atoms with Crippen molar-refractivity contribution in [3.05, 3.63) is 29.3 Å². The number of nitrogens with one attached hydrogen (secondary N) is 2. The molecular formula is C15H24N2. The summed E-state index contributed by atoms with van der Waals surface area (Å²) >= 11 is 0. The van der Waals surface area contributed by atoms with Crippen LogP contribution in [0.4, 0.5) is 5.69 Å². The number of aryl methyl sites for hydroxylation is 1. The minimum absolute atomic E-state index is 0.672. The van der Waals surface area contributed by atoms with Crippen molar-refractivity contribution in [1.82, 2.24) is 5.32 Å². The molecule has 0 saturated heterocycles. The highest BCUT2D eigenvalue weighted by molar-refractivity contribution is 5.56. The lowest BCUT2D eigenvalue weighted by molar-refractivity contribution is 0.501. The van der Waals surface area contributed by atoms with Crippen molar-refractivity contribution in [2.24, 2.45) is 5.92 Å². The highest BCUT2D eigenvalue weighted by atomic mass is 14.9. The first-order valence-electron chi connectivity index (χ1n) is 6.72. The maximum atomic E-state index is 3.58. The Labute approximate surface area is 105 Å². The lowest BCUT2D eigenvalue weighted by atomic mass is 9.90. The molecule has 0 bridgehead atoms. The number of anilines is 1. The van der Waals surface area contributed by atoms with E-state index in [0.717, 1.165) is 25.6 Å². The molecule has 0 saturated carbocycles. The van der Waals surface area contributed by atoms with Crippen molar-refractivity contribution in [1.29, 1.82) is 0 Å². The summed E-state index contributed by atoms with van der Waals surface area (Å²) in [7, 11) is 0. The van der Waals surface area contributed by atoms with Gasteiger partial charge in [-0.2, -0.15) is 0 Å². The Morgan fingerprint density at radius 3 is 3.00 bits per heavy atom. The first-order valence-corrected chi connectivity index (χ1v) is 6.72. The summed E-state index contributed by atoms with van der Waals surface area (Å²) in [6, 6.07) is 6.78. The fraction of sp³-hybridized carbons (Fsp3) is 0.600. The van der Waals surface area contributed by atoms with E-state index in [9.17, 15) is 0 Å². The zero-order valence-electron chi connectivity index (χ0n) is 11.2. The van der Waals surface area contributed by atoms with Crippen molar-refractivity contribution in [2.75, 3.05) is 25.0 Å². The number of fused-ring (bicyclic) bond motifs is 1. The fourth-order valence-corrected chi connectivity index (χ4v) is 2.47. The van der Waals surface area contributed by atoms with Gasteiger partial charge in [-0.15, -0.1) is 0 Å². The molecule has 1 aromatic carbocycles. The van der Waals surface area contributed by atoms with Crippen LogP contribution in [0.1, 0.15) is 37.3 Å². The Kier molecular flexibility index (Phi) is 4.06. The molecule has 0 amide bonds. The Bertz CT molecular complexity index is 371. The average molecular weight is 232 g/mol. The van der Waals surface area contributed by atoms with E-state index in [4.69, 9.17) is 0 Å². The van der Waals surface area contributed by atoms with E-state index in [-0.39, 0.29) is 0 Å². The van der Waals surface area contributed by atoms with Gasteiger partial charge in [-0.1, -0.05) is 26.0 Å². The summed E-state index contributed by atoms with van der Waals surface area (Å²) < 4.78 is 0. The Morgan fingerprint density at radius 1 is 1.41 bits per heavy atom. The van der Waals surface area contributed by atoms with Gasteiger partial charge in [0.1, 0.15) is 0 Å². The first kappa shape index (κ1) is 12.4. The van der Waals surface area contributed by atoms with Gasteiger partial charge in [0, 0.05) is 24.7 Å². The van der Waals surface area contributed by atoms with Crippen LogP contribution in [0.5, 0.6) is 0 Å². The summed E-state index contributed by atoms with van der Waals surface area (Å²) in [6.07, 6.45) is 1.24. The van der Waals surface area contributed by atoms with Crippen molar-refractivity contribution in [2.45, 2.75) is 33.1 Å². The van der Waals surface area contributed by atoms with Crippen LogP contribution in [0.3, 0.4) is 0 Å². The predicted molar refractivity (Wildman–Crippen MR) is 74.7 cm³/mol. The van der Waals surface area contributed by atoms with Gasteiger partial charge >= 0.3 is 0 Å². The third-order valence-electron chi connectivity index (χ3n) is 3.40. The molecule has 0 spiro atoms. The van der Waals surface area contributed by atoms with Crippen molar-refractivity contribution >= 4 is 5.69 Å². The van der Waals surface area contributed by atoms with Crippen LogP contribution < -0.4 is 10.6 Å². The smallest absolute Gasteiger partial charge is 0.0378 e. The molecule has 2 N–H and O–H groups in total. The first-order chi connectivity index (χ1) is 8.16. The van der Waals surface area contributed by atoms with Gasteiger partial charge in [0.25, 0.3) is 0 Å². The van der Waals surface area contributed by atoms with Crippen LogP contribution in [-0.4, -0.2) is 19.6 Å². The van der Waals surface area contributed by atoms with Gasteiger partial charge in [-0.05, 0) is 43.0 Å². The maximum absolute atomic E-state index is 3.58. The quantitative estimate of drug-likeness (QED) is 0.833. The second-order valence-corrected chi connectivity index (χ2v) is 5.56. The van der Waals surface area contributed by atoms with Crippen LogP contribution in [0.15, 0.2) is 18.2 Å². The number of hydrogen-bond acceptors (Lipinski definition) is 2. The van der Waals surface area contributed by atoms with E-state index in [2.05, 4.69) is 49.6 Å². The zero-order valence-corrected chi connectivity index (χ0v) is 11.2. The highest BCUT2D eigenvalue weighted by Gasteiger charge is 2.19. The minimum Gasteiger partial charge on any atom is -0.385 e. The molecule has 17 heavy (non-hydrogen) atoms. The van der Waals surface area contributed by atoms with Crippen molar-refractivity contribution in [3.8, 4) is 0 Å². The molecule has 1 atom stereocenters. The standard InChI is InChI=1S/C15H24N2/c1-11(2)9-16-10-13-6-7-17-15-8-12(3)4-5-14(13)15/h4-5,8,11,13,16-17H,6-7,9-10H2,1-3H3. The summed E-state index contributed by atoms with van der Waals surface area (Å²) in [5.41, 5.74) is 4.16. The van der Waals surface area contributed by atoms with Crippen LogP contribution >= 0.6 is 0 Å². The van der Waals surface area contributed by atoms with Gasteiger partial charge in [-0.3, -0.25) is 0 Å². The molecule has 94 valence electrons. The normalized spacial score (nSPS) is 18.9. The van der Waals surface area contributed by atoms with Gasteiger partial charge in [0.05, 0.1) is 0 Å². The topological polar surface area (TPSA) is 24.1 Å². The SMILES string of the molecule is Cc1ccc2c(c1)NCCC2CNCC(C)C. The summed E-state index contributed by atoms with van der Waals surface area (Å²) in [6.45, 7) is 9.99. The van der Waals surface area contributed by atoms with Crippen molar-refractivity contribution < 1.29 is 0 Å². The van der Waals surface area contributed by atoms with Gasteiger partial charge in [-0.25, -0.2) is 0 Å². The van der Waals surface area contributed by atoms with E-state index in [1.807, 2.05) is 0 Å². The highest BCUT2D eigenvalue weighted by Crippen LogP contribution is 2.31. The zero-order chi connectivity index (χ0) is 12.3. The van der Waals surface area contributed by atoms with Crippen LogP contribution in [-0.2, 0) is 0 Å². The van der Waals surface area contributed by atoms with E-state index < -0.39 is 0 Å². The molecule has 1 aliphatic rings. The summed E-state index contributed by atoms with van der Waals surface area (Å²) in [4.78, 5) is 0. The van der Waals surface area contributed by atoms with Crippen LogP contribution in [0, 0.1) is 12.8 Å². The van der Waals surface area contributed by atoms with Gasteiger partial charge < -0.3 is 10.6 Å². The molecule has 2 rings (SSSR count). The Hall–Kier alpha value is -1.02. The number of rotatable bonds is 4. The fourth-order valence-electron chi connectivity index (χ4n) is 2.47. The molecule has 2 heteroatoms. The van der Waals surface area contributed by atoms with Gasteiger partial charge in [0.2, 0.25) is 0 Å². The lowest BCUT2D eigenvalue weighted by Gasteiger charge is -2.27. The van der Waals surface area contributed by atoms with E-state index in [0.29, 0.717) is 5.92 Å². The number of benzene rings is 1. The Morgan fingerprint density at radius 2 is 2.24 bits per heavy atom. The third-order valence-corrected chi connectivity index (χ3v) is 3.40. The molecular weight excluding hydrogens is 208 g/mol. The van der Waals surface area contributed by atoms with Crippen LogP contribution in [0.2, 0.25) is 0 Å². The lowest BCUT2D eigenvalue weighted by Crippen LogP contribution is -2.29. The van der Waals surface area contributed by atoms with E-state index >= 15 is 0 Å². The second-order valence-electron chi connectivity index (χ2n) is 5.56. The predicted octanol–water partition coefficient (Wildman–Crippen LogP) is 3.14. The molecule has 2 nitrogen and oxygen atoms in total. The molecule has 0 radical (unpaired) electrons. The second kappa shape index (κ2) is 5.54. The van der Waals surface area contributed by atoms with E-state index in [1.54, 1.807) is 0 Å². The van der Waals surface area contributed by atoms with E-state index in [1.165, 1.54) is 23.2 Å². The van der Waals surface area contributed by atoms with Crippen molar-refractivity contribution in [3.63, 3.8) is 0 Å².